The molecule has 3 aromatic rings. The van der Waals surface area contributed by atoms with Crippen LogP contribution >= 0.6 is 15.9 Å². The summed E-state index contributed by atoms with van der Waals surface area (Å²) in [6.45, 7) is 4.06. The number of halogens is 1. The summed E-state index contributed by atoms with van der Waals surface area (Å²) in [5.41, 5.74) is 9.22. The summed E-state index contributed by atoms with van der Waals surface area (Å²) in [7, 11) is 0. The number of anilines is 1. The van der Waals surface area contributed by atoms with Crippen LogP contribution in [0.25, 0.3) is 5.78 Å². The molecule has 0 radical (unpaired) electrons. The number of rotatable bonds is 5. The van der Waals surface area contributed by atoms with Gasteiger partial charge < -0.3 is 10.5 Å². The van der Waals surface area contributed by atoms with Crippen molar-refractivity contribution in [1.82, 2.24) is 19.6 Å². The number of nitrogens with zero attached hydrogens (tertiary/aromatic N) is 4. The third kappa shape index (κ3) is 3.96. The Morgan fingerprint density at radius 1 is 1.32 bits per heavy atom. The monoisotopic (exact) mass is 403 g/mol. The summed E-state index contributed by atoms with van der Waals surface area (Å²) >= 11 is 3.40. The lowest BCUT2D eigenvalue weighted by Gasteiger charge is -2.10. The van der Waals surface area contributed by atoms with Crippen LogP contribution in [0.5, 0.6) is 0 Å². The summed E-state index contributed by atoms with van der Waals surface area (Å²) in [6.07, 6.45) is 0.796. The van der Waals surface area contributed by atoms with Gasteiger partial charge in [-0.3, -0.25) is 4.79 Å². The molecule has 130 valence electrons. The minimum atomic E-state index is -0.253. The molecule has 0 amide bonds. The van der Waals surface area contributed by atoms with Gasteiger partial charge in [-0.2, -0.15) is 9.50 Å². The molecule has 1 aromatic carbocycles. The lowest BCUT2D eigenvalue weighted by molar-refractivity contribution is -0.144. The van der Waals surface area contributed by atoms with Gasteiger partial charge >= 0.3 is 5.97 Å². The normalized spacial score (nSPS) is 11.0. The number of aromatic nitrogens is 4. The van der Waals surface area contributed by atoms with E-state index < -0.39 is 0 Å². The molecule has 0 aliphatic rings. The van der Waals surface area contributed by atoms with Gasteiger partial charge in [0.15, 0.2) is 0 Å². The molecule has 0 spiro atoms. The topological polar surface area (TPSA) is 95.4 Å². The first-order valence-corrected chi connectivity index (χ1v) is 8.61. The number of nitrogens with two attached hydrogens (primary N) is 1. The van der Waals surface area contributed by atoms with Crippen LogP contribution in [0, 0.1) is 13.8 Å². The highest BCUT2D eigenvalue weighted by atomic mass is 79.9. The Balaban J connectivity index is 1.65. The van der Waals surface area contributed by atoms with Crippen molar-refractivity contribution in [3.05, 3.63) is 51.3 Å². The van der Waals surface area contributed by atoms with Gasteiger partial charge in [0.2, 0.25) is 5.95 Å². The lowest BCUT2D eigenvalue weighted by atomic mass is 10.1. The van der Waals surface area contributed by atoms with E-state index in [-0.39, 0.29) is 24.9 Å². The molecule has 0 aliphatic carbocycles. The highest BCUT2D eigenvalue weighted by Crippen LogP contribution is 2.17. The maximum atomic E-state index is 12.1. The van der Waals surface area contributed by atoms with Gasteiger partial charge in [-0.15, -0.1) is 5.10 Å². The van der Waals surface area contributed by atoms with Crippen LogP contribution < -0.4 is 5.73 Å². The number of carbonyl (C=O) groups is 1. The van der Waals surface area contributed by atoms with Crippen LogP contribution in [0.2, 0.25) is 0 Å². The van der Waals surface area contributed by atoms with Crippen molar-refractivity contribution >= 4 is 33.6 Å². The number of hydrogen-bond donors (Lipinski definition) is 1. The quantitative estimate of drug-likeness (QED) is 0.657. The van der Waals surface area contributed by atoms with E-state index in [1.807, 2.05) is 38.1 Å². The molecular formula is C17H18BrN5O2. The number of nitrogen functional groups attached to an aromatic ring is 1. The molecule has 2 heterocycles. The van der Waals surface area contributed by atoms with Gasteiger partial charge in [-0.25, -0.2) is 4.98 Å². The predicted molar refractivity (Wildman–Crippen MR) is 96.9 cm³/mol. The fourth-order valence-corrected chi connectivity index (χ4v) is 3.12. The van der Waals surface area contributed by atoms with Gasteiger partial charge in [0.1, 0.15) is 6.61 Å². The van der Waals surface area contributed by atoms with E-state index >= 15 is 0 Å². The predicted octanol–water partition coefficient (Wildman–Crippen LogP) is 2.76. The number of esters is 1. The van der Waals surface area contributed by atoms with Gasteiger partial charge in [0.05, 0.1) is 0 Å². The molecule has 3 rings (SSSR count). The maximum Gasteiger partial charge on any atom is 0.306 e. The smallest absolute Gasteiger partial charge is 0.306 e. The summed E-state index contributed by atoms with van der Waals surface area (Å²) in [4.78, 5) is 20.5. The van der Waals surface area contributed by atoms with E-state index in [9.17, 15) is 4.79 Å². The number of hydrogen-bond acceptors (Lipinski definition) is 6. The Hall–Kier alpha value is -2.48. The number of carbonyl (C=O) groups excluding carboxylic acids is 1. The van der Waals surface area contributed by atoms with Crippen LogP contribution in [0.1, 0.15) is 28.9 Å². The Morgan fingerprint density at radius 3 is 2.88 bits per heavy atom. The lowest BCUT2D eigenvalue weighted by Crippen LogP contribution is -2.10. The molecule has 0 atom stereocenters. The third-order valence-corrected chi connectivity index (χ3v) is 4.43. The highest BCUT2D eigenvalue weighted by Gasteiger charge is 2.14. The standard InChI is InChI=1S/C17H18BrN5O2/c1-10-14(11(2)23-17(20-10)21-16(19)22-23)6-7-15(24)25-9-12-4-3-5-13(18)8-12/h3-5,8H,6-7,9H2,1-2H3,(H2,19,22). The minimum absolute atomic E-state index is 0.181. The fraction of sp³-hybridized carbons (Fsp3) is 0.294. The third-order valence-electron chi connectivity index (χ3n) is 3.93. The van der Waals surface area contributed by atoms with Crippen molar-refractivity contribution < 1.29 is 9.53 Å². The second kappa shape index (κ2) is 7.18. The summed E-state index contributed by atoms with van der Waals surface area (Å²) in [5, 5.41) is 4.13. The molecule has 0 saturated heterocycles. The molecule has 8 heteroatoms. The van der Waals surface area contributed by atoms with Crippen LogP contribution in [-0.4, -0.2) is 25.6 Å². The van der Waals surface area contributed by atoms with E-state index in [1.54, 1.807) is 4.52 Å². The Morgan fingerprint density at radius 2 is 2.12 bits per heavy atom. The van der Waals surface area contributed by atoms with Crippen LogP contribution in [0.15, 0.2) is 28.7 Å². The molecule has 0 aliphatic heterocycles. The van der Waals surface area contributed by atoms with Gasteiger partial charge in [0.25, 0.3) is 5.78 Å². The van der Waals surface area contributed by atoms with E-state index in [4.69, 9.17) is 10.5 Å². The Kier molecular flexibility index (Phi) is 4.98. The van der Waals surface area contributed by atoms with Crippen LogP contribution in [-0.2, 0) is 22.6 Å². The Labute approximate surface area is 153 Å². The molecule has 7 nitrogen and oxygen atoms in total. The highest BCUT2D eigenvalue weighted by molar-refractivity contribution is 9.10. The zero-order chi connectivity index (χ0) is 18.0. The van der Waals surface area contributed by atoms with Gasteiger partial charge in [-0.05, 0) is 43.5 Å². The van der Waals surface area contributed by atoms with E-state index in [0.29, 0.717) is 12.2 Å². The van der Waals surface area contributed by atoms with Gasteiger partial charge in [0, 0.05) is 22.3 Å². The summed E-state index contributed by atoms with van der Waals surface area (Å²) < 4.78 is 7.90. The maximum absolute atomic E-state index is 12.1. The second-order valence-corrected chi connectivity index (χ2v) is 6.65. The van der Waals surface area contributed by atoms with E-state index in [2.05, 4.69) is 31.0 Å². The first kappa shape index (κ1) is 17.3. The molecule has 0 bridgehead atoms. The molecular weight excluding hydrogens is 386 g/mol. The second-order valence-electron chi connectivity index (χ2n) is 5.73. The van der Waals surface area contributed by atoms with Crippen molar-refractivity contribution in [2.45, 2.75) is 33.3 Å². The van der Waals surface area contributed by atoms with Crippen molar-refractivity contribution in [3.8, 4) is 0 Å². The van der Waals surface area contributed by atoms with Crippen LogP contribution in [0.3, 0.4) is 0 Å². The molecule has 0 unspecified atom stereocenters. The van der Waals surface area contributed by atoms with Crippen molar-refractivity contribution in [2.24, 2.45) is 0 Å². The molecule has 2 N–H and O–H groups in total. The number of ether oxygens (including phenoxy) is 1. The molecule has 25 heavy (non-hydrogen) atoms. The summed E-state index contributed by atoms with van der Waals surface area (Å²) in [6, 6.07) is 7.68. The SMILES string of the molecule is Cc1nc2nc(N)nn2c(C)c1CCC(=O)OCc1cccc(Br)c1. The minimum Gasteiger partial charge on any atom is -0.461 e. The molecule has 2 aromatic heterocycles. The van der Waals surface area contributed by atoms with Gasteiger partial charge in [-0.1, -0.05) is 28.1 Å². The van der Waals surface area contributed by atoms with E-state index in [1.165, 1.54) is 0 Å². The average Bonchev–Trinajstić information content (AvgIpc) is 2.93. The number of benzene rings is 1. The Bertz CT molecular complexity index is 938. The fourth-order valence-electron chi connectivity index (χ4n) is 2.68. The molecule has 0 saturated carbocycles. The first-order chi connectivity index (χ1) is 11.9. The average molecular weight is 404 g/mol. The zero-order valence-electron chi connectivity index (χ0n) is 14.0. The van der Waals surface area contributed by atoms with Crippen LogP contribution in [0.4, 0.5) is 5.95 Å². The van der Waals surface area contributed by atoms with Crippen molar-refractivity contribution in [1.29, 1.82) is 0 Å². The largest absolute Gasteiger partial charge is 0.461 e. The van der Waals surface area contributed by atoms with E-state index in [0.717, 1.165) is 27.0 Å². The number of aryl methyl sites for hydroxylation is 2. The zero-order valence-corrected chi connectivity index (χ0v) is 15.6. The summed E-state index contributed by atoms with van der Waals surface area (Å²) in [5.74, 6) is 0.394. The first-order valence-electron chi connectivity index (χ1n) is 7.82. The number of fused-ring (bicyclic) bond motifs is 1. The van der Waals surface area contributed by atoms with Crippen molar-refractivity contribution in [2.75, 3.05) is 5.73 Å². The van der Waals surface area contributed by atoms with Crippen molar-refractivity contribution in [3.63, 3.8) is 0 Å². The molecule has 0 fully saturated rings.